The summed E-state index contributed by atoms with van der Waals surface area (Å²) in [6, 6.07) is 17.7. The van der Waals surface area contributed by atoms with Gasteiger partial charge in [0.2, 0.25) is 6.29 Å². The van der Waals surface area contributed by atoms with Gasteiger partial charge in [-0.15, -0.1) is 0 Å². The minimum atomic E-state index is -0.815. The molecule has 756 valence electrons. The lowest BCUT2D eigenvalue weighted by Gasteiger charge is -2.26. The molecular weight excluding hydrogens is 1700 g/mol. The third-order valence-electron chi connectivity index (χ3n) is 22.4. The van der Waals surface area contributed by atoms with Crippen molar-refractivity contribution in [1.82, 2.24) is 0 Å². The first kappa shape index (κ1) is 118. The number of carbonyl (C=O) groups is 3. The van der Waals surface area contributed by atoms with Gasteiger partial charge in [-0.2, -0.15) is 0 Å². The van der Waals surface area contributed by atoms with Crippen molar-refractivity contribution in [3.05, 3.63) is 71.8 Å². The van der Waals surface area contributed by atoms with Gasteiger partial charge in [0.1, 0.15) is 79.4 Å². The molecule has 16 saturated heterocycles. The smallest absolute Gasteiger partial charge is 0.338 e. The first-order chi connectivity index (χ1) is 57.7. The Hall–Kier alpha value is -4.35. The zero-order chi connectivity index (χ0) is 89.7. The van der Waals surface area contributed by atoms with Gasteiger partial charge >= 0.3 is 17.9 Å². The minimum Gasteiger partial charge on any atom is -0.453 e. The maximum atomic E-state index is 12.0. The van der Waals surface area contributed by atoms with Gasteiger partial charge in [0, 0.05) is 46.1 Å². The van der Waals surface area contributed by atoms with Crippen molar-refractivity contribution < 1.29 is 173 Å². The van der Waals surface area contributed by atoms with Crippen LogP contribution in [0.3, 0.4) is 0 Å². The van der Waals surface area contributed by atoms with Crippen molar-refractivity contribution in [3.8, 4) is 0 Å². The summed E-state index contributed by atoms with van der Waals surface area (Å²) in [6.45, 7) is 39.9. The molecule has 16 aliphatic rings. The lowest BCUT2D eigenvalue weighted by Crippen LogP contribution is -2.42. The van der Waals surface area contributed by atoms with Gasteiger partial charge in [0.25, 0.3) is 0 Å². The molecular formula is C94H164O36. The molecule has 16 heterocycles. The number of ether oxygens (including phenoxy) is 28. The van der Waals surface area contributed by atoms with E-state index in [2.05, 4.69) is 6.92 Å². The highest BCUT2D eigenvalue weighted by Crippen LogP contribution is 2.46. The van der Waals surface area contributed by atoms with Gasteiger partial charge in [-0.1, -0.05) is 116 Å². The number of hydrogen-bond acceptors (Lipinski definition) is 36. The average Bonchev–Trinajstić information content (AvgIpc) is 1.59. The lowest BCUT2D eigenvalue weighted by atomic mass is 10.1. The molecule has 0 aromatic heterocycles. The molecule has 2 aromatic carbocycles. The molecule has 0 radical (unpaired) electrons. The van der Waals surface area contributed by atoms with Crippen LogP contribution in [0.2, 0.25) is 0 Å². The van der Waals surface area contributed by atoms with Gasteiger partial charge in [-0.25, -0.2) is 9.59 Å². The van der Waals surface area contributed by atoms with Gasteiger partial charge in [0.05, 0.1) is 74.2 Å². The second kappa shape index (κ2) is 49.3. The number of carbonyl (C=O) groups excluding carboxylic acids is 3. The molecule has 29 atom stereocenters. The molecule has 36 nitrogen and oxygen atoms in total. The van der Waals surface area contributed by atoms with Crippen LogP contribution in [0.1, 0.15) is 276 Å². The second-order valence-corrected chi connectivity index (χ2v) is 36.3. The predicted octanol–water partition coefficient (Wildman–Crippen LogP) is 12.7. The molecule has 2 unspecified atom stereocenters. The molecule has 2 aromatic rings. The molecule has 0 amide bonds. The number of fused-ring (bicyclic) bond motifs is 6. The third kappa shape index (κ3) is 31.3. The minimum absolute atomic E-state index is 0. The number of aliphatic hydroxyl groups excluding tert-OH is 5. The summed E-state index contributed by atoms with van der Waals surface area (Å²) in [7, 11) is 1.56. The zero-order valence-corrected chi connectivity index (χ0v) is 75.1. The van der Waals surface area contributed by atoms with Gasteiger partial charge in [-0.3, -0.25) is 4.79 Å². The topological polar surface area (TPSA) is 411 Å². The summed E-state index contributed by atoms with van der Waals surface area (Å²) < 4.78 is 155. The number of methoxy groups -OCH3 is 1. The summed E-state index contributed by atoms with van der Waals surface area (Å²) in [6.07, 6.45) is -1.58. The van der Waals surface area contributed by atoms with Gasteiger partial charge < -0.3 is 158 Å². The van der Waals surface area contributed by atoms with E-state index in [4.69, 9.17) is 143 Å². The molecule has 18 rings (SSSR count). The van der Waals surface area contributed by atoms with Gasteiger partial charge in [-0.05, 0) is 161 Å². The Morgan fingerprint density at radius 2 is 0.677 bits per heavy atom. The molecule has 16 aliphatic heterocycles. The van der Waals surface area contributed by atoms with Crippen LogP contribution in [-0.4, -0.2) is 302 Å². The van der Waals surface area contributed by atoms with Crippen LogP contribution in [0.25, 0.3) is 0 Å². The van der Waals surface area contributed by atoms with Crippen molar-refractivity contribution >= 4 is 17.9 Å². The van der Waals surface area contributed by atoms with Crippen LogP contribution >= 0.6 is 0 Å². The van der Waals surface area contributed by atoms with E-state index in [-0.39, 0.29) is 163 Å². The van der Waals surface area contributed by atoms with E-state index < -0.39 is 139 Å². The van der Waals surface area contributed by atoms with Crippen molar-refractivity contribution in [1.29, 1.82) is 0 Å². The van der Waals surface area contributed by atoms with Crippen LogP contribution < -0.4 is 0 Å². The monoisotopic (exact) mass is 1870 g/mol. The van der Waals surface area contributed by atoms with Crippen LogP contribution in [0, 0.1) is 0 Å². The van der Waals surface area contributed by atoms with Crippen molar-refractivity contribution in [2.45, 2.75) is 480 Å². The number of hydrogen-bond donors (Lipinski definition) is 5. The Labute approximate surface area is 772 Å². The number of esters is 3. The van der Waals surface area contributed by atoms with E-state index >= 15 is 0 Å². The molecule has 0 aliphatic carbocycles. The Kier molecular flexibility index (Phi) is 44.7. The van der Waals surface area contributed by atoms with E-state index in [0.29, 0.717) is 43.3 Å². The average molecular weight is 1870 g/mol. The van der Waals surface area contributed by atoms with E-state index in [1.807, 2.05) is 128 Å². The Morgan fingerprint density at radius 1 is 0.331 bits per heavy atom. The summed E-state index contributed by atoms with van der Waals surface area (Å²) >= 11 is 0. The van der Waals surface area contributed by atoms with E-state index in [0.717, 1.165) is 44.9 Å². The summed E-state index contributed by atoms with van der Waals surface area (Å²) in [5.74, 6) is -5.93. The van der Waals surface area contributed by atoms with Crippen LogP contribution in [0.15, 0.2) is 60.7 Å². The first-order valence-corrected chi connectivity index (χ1v) is 43.2. The SMILES string of the molecule is C.C.C.C.C.C.C.CC1(C)O[C@H]2O[C@H](CO)C[C@H]2O1.CC1(C)O[C@H]2O[C@H](CO)[C@H](O)[C@H]2O1.CC1(C)O[C@H]2O[C@H]([C@H]3COC(C)(C)O3)C[C@H]2O1.CC1(C)O[C@H]2O[C@H]([C@H]3COC(C)(C)O3)[C@H](O)[C@H]2O1.CC[C@@H]1C[C@@H](OC(=O)c2ccccc2)C(OC(C)=O)O1.CC[C@@H]1C[C@@H](OC(=O)c2ccccc2)C(OC)O1.CC[C@@H]1C[C@H]2OC(C)(C)O[C@H]2O1.CC[C@H]1O[C@@H]2OC(C)(C)O[C@@H]2[C@H]1O. The highest BCUT2D eigenvalue weighted by Gasteiger charge is 2.60. The van der Waals surface area contributed by atoms with Crippen molar-refractivity contribution in [3.63, 3.8) is 0 Å². The van der Waals surface area contributed by atoms with E-state index in [9.17, 15) is 29.7 Å². The molecule has 130 heavy (non-hydrogen) atoms. The molecule has 5 N–H and O–H groups in total. The second-order valence-electron chi connectivity index (χ2n) is 36.3. The van der Waals surface area contributed by atoms with E-state index in [1.165, 1.54) is 6.92 Å². The lowest BCUT2D eigenvalue weighted by molar-refractivity contribution is -0.232. The predicted molar refractivity (Wildman–Crippen MR) is 473 cm³/mol. The van der Waals surface area contributed by atoms with Crippen LogP contribution in [0.5, 0.6) is 0 Å². The number of benzene rings is 2. The third-order valence-corrected chi connectivity index (χ3v) is 22.4. The number of rotatable bonds is 14. The quantitative estimate of drug-likeness (QED) is 0.0866. The van der Waals surface area contributed by atoms with Crippen LogP contribution in [-0.2, 0) is 137 Å². The summed E-state index contributed by atoms with van der Waals surface area (Å²) in [4.78, 5) is 35.0. The molecule has 0 bridgehead atoms. The van der Waals surface area contributed by atoms with E-state index in [1.54, 1.807) is 71.2 Å². The fourth-order valence-electron chi connectivity index (χ4n) is 16.7. The first-order valence-electron chi connectivity index (χ1n) is 43.2. The summed E-state index contributed by atoms with van der Waals surface area (Å²) in [5.41, 5.74) is 1.02. The highest BCUT2D eigenvalue weighted by molar-refractivity contribution is 5.90. The largest absolute Gasteiger partial charge is 0.453 e. The maximum absolute atomic E-state index is 12.0. The fourth-order valence-corrected chi connectivity index (χ4v) is 16.7. The number of aliphatic hydroxyl groups is 5. The molecule has 16 fully saturated rings. The van der Waals surface area contributed by atoms with Crippen molar-refractivity contribution in [2.75, 3.05) is 33.5 Å². The van der Waals surface area contributed by atoms with Crippen LogP contribution in [0.4, 0.5) is 0 Å². The maximum Gasteiger partial charge on any atom is 0.338 e. The standard InChI is InChI=1S/C15H18O5.C14H18O4.C12H20O6.C12H20O5.C9H16O4.C9H16O3.C8H14O5.C8H14O4.7CH4/c1-3-12-9-13(15(19-12)18-10(2)16)20-14(17)11-7-5-4-6-8-11;1-3-11-9-12(14(16-2)17-11)18-13(15)10-7-5-4-6-8-10;1-11(2)14-5-6(16-11)8-7(13)9-10(15-8)18-12(3,4)17-9;1-11(2)13-6-9(16-11)7-5-8-10(14-7)17-12(3,4)15-8;1-4-5-6(10)7-8(11-5)13-9(2,3)12-7;1-4-6-5-7-8(10-6)12-9(2,3)11-7;1-8(2)12-6-5(10)4(3-9)11-7(6)13-8;1-8(2)11-6-3-5(4-9)10-7(6)12-8;;;;;;;/h4-8,12-13,15H,3,9H2,1-2H3;4-8,11-12,14H,3,9H2,1-2H3;6-10,13H,5H2,1-4H3;7-10H,5-6H2,1-4H3;5-8,10H,4H2,1-3H3;6-8H,4-5H2,1-3H3;4-7,9-10H,3H2,1-2H3;5-7,9H,3-4H2,1-2H3;7*1H4/t12-,13-,15?;11-,12-,14?;6-,7+,8-,9-,10-;7-,8+,9+,10+;5-,6+,7-,8-;6-,7-,8-;4-,5+,6-,7-;5-,6+,7+;;;;;;;/m11101110......./s1. The summed E-state index contributed by atoms with van der Waals surface area (Å²) in [5, 5.41) is 47.3. The molecule has 36 heteroatoms. The van der Waals surface area contributed by atoms with Crippen molar-refractivity contribution in [2.24, 2.45) is 0 Å². The Bertz CT molecular complexity index is 3510. The zero-order valence-electron chi connectivity index (χ0n) is 75.1. The Balaban J connectivity index is 0.000000310. The normalized spacial score (nSPS) is 38.5. The molecule has 0 saturated carbocycles. The Morgan fingerprint density at radius 3 is 1.05 bits per heavy atom. The molecule has 0 spiro atoms. The fraction of sp³-hybridized carbons (Fsp3) is 0.840. The van der Waals surface area contributed by atoms with Gasteiger partial charge in [0.15, 0.2) is 103 Å². The highest BCUT2D eigenvalue weighted by atomic mass is 16.9.